The van der Waals surface area contributed by atoms with E-state index in [-0.39, 0.29) is 10.7 Å². The van der Waals surface area contributed by atoms with Gasteiger partial charge in [-0.05, 0) is 35.8 Å². The molecule has 5 nitrogen and oxygen atoms in total. The molecule has 0 spiro atoms. The van der Waals surface area contributed by atoms with Crippen LogP contribution in [0, 0.1) is 0 Å². The van der Waals surface area contributed by atoms with E-state index in [1.165, 1.54) is 0 Å². The first-order valence-electron chi connectivity index (χ1n) is 8.15. The van der Waals surface area contributed by atoms with Gasteiger partial charge in [0.2, 0.25) is 0 Å². The quantitative estimate of drug-likeness (QED) is 0.549. The third-order valence-electron chi connectivity index (χ3n) is 4.09. The van der Waals surface area contributed by atoms with Crippen LogP contribution in [0.5, 0.6) is 5.75 Å². The first kappa shape index (κ1) is 19.1. The molecule has 1 aliphatic rings. The first-order valence-corrected chi connectivity index (χ1v) is 9.38. The summed E-state index contributed by atoms with van der Waals surface area (Å²) in [6, 6.07) is 15.1. The van der Waals surface area contributed by atoms with Gasteiger partial charge in [-0.2, -0.15) is 0 Å². The molecule has 0 unspecified atom stereocenters. The highest BCUT2D eigenvalue weighted by Crippen LogP contribution is 2.34. The zero-order valence-corrected chi connectivity index (χ0v) is 16.1. The van der Waals surface area contributed by atoms with E-state index >= 15 is 0 Å². The Morgan fingerprint density at radius 2 is 1.89 bits per heavy atom. The Morgan fingerprint density at radius 1 is 1.22 bits per heavy atom. The van der Waals surface area contributed by atoms with E-state index in [0.717, 1.165) is 27.8 Å². The number of thioether (sulfide) groups is 1. The maximum absolute atomic E-state index is 12.8. The van der Waals surface area contributed by atoms with Gasteiger partial charge in [0, 0.05) is 0 Å². The van der Waals surface area contributed by atoms with Crippen molar-refractivity contribution in [2.24, 2.45) is 0 Å². The van der Waals surface area contributed by atoms with Gasteiger partial charge in [-0.25, -0.2) is 0 Å². The van der Waals surface area contributed by atoms with E-state index in [9.17, 15) is 14.7 Å². The number of ether oxygens (including phenoxy) is 1. The molecule has 138 valence electrons. The molecule has 2 aromatic rings. The summed E-state index contributed by atoms with van der Waals surface area (Å²) in [5.74, 6) is -1.05. The second-order valence-electron chi connectivity index (χ2n) is 5.85. The summed E-state index contributed by atoms with van der Waals surface area (Å²) in [7, 11) is 1.58. The number of carbonyl (C=O) groups excluding carboxylic acids is 2. The van der Waals surface area contributed by atoms with Crippen LogP contribution < -0.4 is 9.84 Å². The average Bonchev–Trinajstić information content (AvgIpc) is 2.94. The maximum Gasteiger partial charge on any atom is 0.266 e. The molecular formula is C20H16NO4S2-. The lowest BCUT2D eigenvalue weighted by Gasteiger charge is -2.27. The van der Waals surface area contributed by atoms with Crippen LogP contribution in [0.3, 0.4) is 0 Å². The van der Waals surface area contributed by atoms with Crippen molar-refractivity contribution >= 4 is 46.3 Å². The SMILES string of the molecule is COc1ccc(/C=C2\SC(=S)N([C@H](Cc3ccccc3)C(=O)[O-])C2=O)cc1. The van der Waals surface area contributed by atoms with Crippen molar-refractivity contribution in [2.75, 3.05) is 7.11 Å². The monoisotopic (exact) mass is 398 g/mol. The maximum atomic E-state index is 12.8. The predicted octanol–water partition coefficient (Wildman–Crippen LogP) is 2.26. The van der Waals surface area contributed by atoms with Crippen LogP contribution in [-0.4, -0.2) is 34.2 Å². The molecular weight excluding hydrogens is 382 g/mol. The molecule has 0 bridgehead atoms. The first-order chi connectivity index (χ1) is 13.0. The van der Waals surface area contributed by atoms with Gasteiger partial charge in [0.25, 0.3) is 5.91 Å². The highest BCUT2D eigenvalue weighted by atomic mass is 32.2. The molecule has 2 aromatic carbocycles. The van der Waals surface area contributed by atoms with Crippen LogP contribution in [0.2, 0.25) is 0 Å². The Kier molecular flexibility index (Phi) is 5.93. The zero-order chi connectivity index (χ0) is 19.4. The fourth-order valence-electron chi connectivity index (χ4n) is 2.72. The summed E-state index contributed by atoms with van der Waals surface area (Å²) in [6.07, 6.45) is 1.82. The van der Waals surface area contributed by atoms with Gasteiger partial charge in [0.1, 0.15) is 10.1 Å². The molecule has 1 heterocycles. The Morgan fingerprint density at radius 3 is 2.48 bits per heavy atom. The summed E-state index contributed by atoms with van der Waals surface area (Å²) in [5.41, 5.74) is 1.59. The second kappa shape index (κ2) is 8.37. The van der Waals surface area contributed by atoms with Crippen molar-refractivity contribution in [3.8, 4) is 5.75 Å². The van der Waals surface area contributed by atoms with Gasteiger partial charge < -0.3 is 14.6 Å². The smallest absolute Gasteiger partial charge is 0.266 e. The minimum atomic E-state index is -1.33. The summed E-state index contributed by atoms with van der Waals surface area (Å²) in [4.78, 5) is 26.0. The summed E-state index contributed by atoms with van der Waals surface area (Å²) in [5, 5.41) is 11.7. The number of aliphatic carboxylic acids is 1. The number of carbonyl (C=O) groups is 2. The molecule has 1 fully saturated rings. The van der Waals surface area contributed by atoms with Crippen LogP contribution >= 0.6 is 24.0 Å². The number of hydrogen-bond donors (Lipinski definition) is 0. The van der Waals surface area contributed by atoms with Gasteiger partial charge in [-0.1, -0.05) is 66.4 Å². The third kappa shape index (κ3) is 4.37. The largest absolute Gasteiger partial charge is 0.548 e. The Labute approximate surface area is 166 Å². The van der Waals surface area contributed by atoms with E-state index < -0.39 is 17.9 Å². The van der Waals surface area contributed by atoms with E-state index in [0.29, 0.717) is 10.7 Å². The molecule has 3 rings (SSSR count). The van der Waals surface area contributed by atoms with Crippen molar-refractivity contribution < 1.29 is 19.4 Å². The normalized spacial score (nSPS) is 16.6. The lowest BCUT2D eigenvalue weighted by atomic mass is 10.0. The summed E-state index contributed by atoms with van der Waals surface area (Å²) >= 11 is 6.37. The van der Waals surface area contributed by atoms with Gasteiger partial charge in [0.05, 0.1) is 24.0 Å². The standard InChI is InChI=1S/C20H17NO4S2/c1-25-15-9-7-14(8-10-15)12-17-18(22)21(20(26)27-17)16(19(23)24)11-13-5-3-2-4-6-13/h2-10,12,16H,11H2,1H3,(H,23,24)/p-1/b17-12-/t16-/m1/s1. The summed E-state index contributed by atoms with van der Waals surface area (Å²) < 4.78 is 5.33. The number of thiocarbonyl (C=S) groups is 1. The van der Waals surface area contributed by atoms with Crippen LogP contribution in [0.25, 0.3) is 6.08 Å². The Bertz CT molecular complexity index is 894. The van der Waals surface area contributed by atoms with E-state index in [2.05, 4.69) is 0 Å². The zero-order valence-electron chi connectivity index (χ0n) is 14.5. The van der Waals surface area contributed by atoms with Crippen molar-refractivity contribution in [3.05, 3.63) is 70.6 Å². The second-order valence-corrected chi connectivity index (χ2v) is 7.53. The number of nitrogens with zero attached hydrogens (tertiary/aromatic N) is 1. The highest BCUT2D eigenvalue weighted by molar-refractivity contribution is 8.26. The van der Waals surface area contributed by atoms with Crippen LogP contribution in [0.1, 0.15) is 11.1 Å². The lowest BCUT2D eigenvalue weighted by molar-refractivity contribution is -0.310. The Hall–Kier alpha value is -2.64. The molecule has 7 heteroatoms. The fourth-order valence-corrected chi connectivity index (χ4v) is 4.07. The number of carboxylic acids is 1. The van der Waals surface area contributed by atoms with E-state index in [1.807, 2.05) is 30.3 Å². The molecule has 0 N–H and O–H groups in total. The number of rotatable bonds is 6. The molecule has 27 heavy (non-hydrogen) atoms. The molecule has 0 saturated carbocycles. The van der Waals surface area contributed by atoms with Crippen molar-refractivity contribution in [1.29, 1.82) is 0 Å². The Balaban J connectivity index is 1.84. The molecule has 0 aromatic heterocycles. The van der Waals surface area contributed by atoms with Crippen LogP contribution in [0.15, 0.2) is 59.5 Å². The molecule has 1 aliphatic heterocycles. The highest BCUT2D eigenvalue weighted by Gasteiger charge is 2.37. The minimum Gasteiger partial charge on any atom is -0.548 e. The topological polar surface area (TPSA) is 69.7 Å². The lowest BCUT2D eigenvalue weighted by Crippen LogP contribution is -2.51. The van der Waals surface area contributed by atoms with Crippen LogP contribution in [-0.2, 0) is 16.0 Å². The molecule has 0 aliphatic carbocycles. The number of hydrogen-bond acceptors (Lipinski definition) is 6. The van der Waals surface area contributed by atoms with Crippen molar-refractivity contribution in [3.63, 3.8) is 0 Å². The van der Waals surface area contributed by atoms with Gasteiger partial charge in [-0.3, -0.25) is 9.69 Å². The van der Waals surface area contributed by atoms with Crippen LogP contribution in [0.4, 0.5) is 0 Å². The van der Waals surface area contributed by atoms with E-state index in [4.69, 9.17) is 17.0 Å². The average molecular weight is 398 g/mol. The molecule has 0 radical (unpaired) electrons. The molecule has 1 saturated heterocycles. The van der Waals surface area contributed by atoms with Crippen molar-refractivity contribution in [1.82, 2.24) is 4.90 Å². The molecule has 1 atom stereocenters. The number of methoxy groups -OCH3 is 1. The summed E-state index contributed by atoms with van der Waals surface area (Å²) in [6.45, 7) is 0. The van der Waals surface area contributed by atoms with Gasteiger partial charge >= 0.3 is 0 Å². The van der Waals surface area contributed by atoms with Gasteiger partial charge in [-0.15, -0.1) is 0 Å². The predicted molar refractivity (Wildman–Crippen MR) is 107 cm³/mol. The molecule has 1 amide bonds. The van der Waals surface area contributed by atoms with Gasteiger partial charge in [0.15, 0.2) is 0 Å². The minimum absolute atomic E-state index is 0.130. The number of benzene rings is 2. The number of carboxylic acid groups (broad SMARTS) is 1. The van der Waals surface area contributed by atoms with E-state index in [1.54, 1.807) is 37.5 Å². The number of amides is 1. The third-order valence-corrected chi connectivity index (χ3v) is 5.42. The van der Waals surface area contributed by atoms with Crippen molar-refractivity contribution in [2.45, 2.75) is 12.5 Å². The fraction of sp³-hybridized carbons (Fsp3) is 0.150.